The molecule has 2 aromatic heterocycles. The maximum absolute atomic E-state index is 4.65. The van der Waals surface area contributed by atoms with Crippen LogP contribution in [-0.2, 0) is 6.42 Å². The molecule has 0 aromatic carbocycles. The van der Waals surface area contributed by atoms with Crippen molar-refractivity contribution in [3.63, 3.8) is 0 Å². The molecule has 0 aliphatic heterocycles. The molecule has 0 spiro atoms. The molecular formula is C16H23N3S. The van der Waals surface area contributed by atoms with Gasteiger partial charge in [0.25, 0.3) is 0 Å². The first-order valence-corrected chi connectivity index (χ1v) is 8.05. The van der Waals surface area contributed by atoms with Crippen LogP contribution in [-0.4, -0.2) is 16.5 Å². The molecule has 0 amide bonds. The van der Waals surface area contributed by atoms with Crippen molar-refractivity contribution in [1.29, 1.82) is 0 Å². The summed E-state index contributed by atoms with van der Waals surface area (Å²) in [7, 11) is 0. The summed E-state index contributed by atoms with van der Waals surface area (Å²) in [6.07, 6.45) is 3.99. The van der Waals surface area contributed by atoms with Crippen molar-refractivity contribution in [2.45, 2.75) is 46.6 Å². The van der Waals surface area contributed by atoms with Gasteiger partial charge in [0.2, 0.25) is 0 Å². The lowest BCUT2D eigenvalue weighted by Gasteiger charge is -2.19. The van der Waals surface area contributed by atoms with Gasteiger partial charge in [-0.2, -0.15) is 0 Å². The van der Waals surface area contributed by atoms with Gasteiger partial charge in [-0.3, -0.25) is 4.98 Å². The van der Waals surface area contributed by atoms with Crippen LogP contribution in [0, 0.1) is 20.8 Å². The molecule has 3 nitrogen and oxygen atoms in total. The Bertz CT molecular complexity index is 563. The molecule has 2 heterocycles. The average Bonchev–Trinajstić information content (AvgIpc) is 2.80. The Labute approximate surface area is 125 Å². The van der Waals surface area contributed by atoms with Gasteiger partial charge in [0.1, 0.15) is 0 Å². The lowest BCUT2D eigenvalue weighted by Crippen LogP contribution is -2.25. The summed E-state index contributed by atoms with van der Waals surface area (Å²) in [6, 6.07) is 2.46. The highest BCUT2D eigenvalue weighted by molar-refractivity contribution is 7.09. The SMILES string of the molecule is CCCNC(Cc1nc(C)cs1)c1ncc(C)cc1C. The quantitative estimate of drug-likeness (QED) is 0.880. The maximum Gasteiger partial charge on any atom is 0.0947 e. The largest absolute Gasteiger partial charge is 0.308 e. The van der Waals surface area contributed by atoms with Gasteiger partial charge in [0, 0.05) is 23.7 Å². The van der Waals surface area contributed by atoms with Crippen LogP contribution in [0.2, 0.25) is 0 Å². The van der Waals surface area contributed by atoms with Crippen molar-refractivity contribution < 1.29 is 0 Å². The van der Waals surface area contributed by atoms with Crippen LogP contribution in [0.3, 0.4) is 0 Å². The fourth-order valence-electron chi connectivity index (χ4n) is 2.35. The number of hydrogen-bond donors (Lipinski definition) is 1. The monoisotopic (exact) mass is 289 g/mol. The molecule has 1 unspecified atom stereocenters. The summed E-state index contributed by atoms with van der Waals surface area (Å²) in [4.78, 5) is 9.23. The number of pyridine rings is 1. The summed E-state index contributed by atoms with van der Waals surface area (Å²) < 4.78 is 0. The molecule has 20 heavy (non-hydrogen) atoms. The third-order valence-electron chi connectivity index (χ3n) is 3.27. The Kier molecular flexibility index (Phi) is 5.26. The van der Waals surface area contributed by atoms with Crippen LogP contribution in [0.25, 0.3) is 0 Å². The zero-order valence-electron chi connectivity index (χ0n) is 12.7. The van der Waals surface area contributed by atoms with E-state index in [0.717, 1.165) is 30.8 Å². The van der Waals surface area contributed by atoms with Crippen LogP contribution in [0.15, 0.2) is 17.6 Å². The number of rotatable bonds is 6. The summed E-state index contributed by atoms with van der Waals surface area (Å²) in [5, 5.41) is 6.90. The van der Waals surface area contributed by atoms with Crippen LogP contribution < -0.4 is 5.32 Å². The predicted molar refractivity (Wildman–Crippen MR) is 85.3 cm³/mol. The minimum absolute atomic E-state index is 0.251. The molecule has 0 saturated carbocycles. The van der Waals surface area contributed by atoms with E-state index in [1.165, 1.54) is 16.1 Å². The maximum atomic E-state index is 4.65. The summed E-state index contributed by atoms with van der Waals surface area (Å²) in [5.74, 6) is 0. The molecule has 0 saturated heterocycles. The first-order chi connectivity index (χ1) is 9.60. The van der Waals surface area contributed by atoms with Gasteiger partial charge in [0.15, 0.2) is 0 Å². The molecule has 1 atom stereocenters. The van der Waals surface area contributed by atoms with Crippen molar-refractivity contribution >= 4 is 11.3 Å². The number of hydrogen-bond acceptors (Lipinski definition) is 4. The number of nitrogens with one attached hydrogen (secondary N) is 1. The van der Waals surface area contributed by atoms with Gasteiger partial charge in [-0.1, -0.05) is 13.0 Å². The zero-order chi connectivity index (χ0) is 14.5. The molecule has 2 aromatic rings. The van der Waals surface area contributed by atoms with E-state index in [1.807, 2.05) is 13.1 Å². The van der Waals surface area contributed by atoms with Crippen molar-refractivity contribution in [3.8, 4) is 0 Å². The topological polar surface area (TPSA) is 37.8 Å². The molecule has 2 rings (SSSR count). The fourth-order valence-corrected chi connectivity index (χ4v) is 3.16. The number of nitrogens with zero attached hydrogens (tertiary/aromatic N) is 2. The molecule has 0 aliphatic rings. The summed E-state index contributed by atoms with van der Waals surface area (Å²) in [6.45, 7) is 9.46. The molecule has 0 radical (unpaired) electrons. The van der Waals surface area contributed by atoms with E-state index < -0.39 is 0 Å². The van der Waals surface area contributed by atoms with Gasteiger partial charge in [-0.15, -0.1) is 11.3 Å². The molecule has 108 valence electrons. The Hall–Kier alpha value is -1.26. The Morgan fingerprint density at radius 3 is 2.70 bits per heavy atom. The fraction of sp³-hybridized carbons (Fsp3) is 0.500. The highest BCUT2D eigenvalue weighted by Gasteiger charge is 2.17. The van der Waals surface area contributed by atoms with E-state index in [0.29, 0.717) is 0 Å². The Morgan fingerprint density at radius 2 is 2.10 bits per heavy atom. The molecule has 1 N–H and O–H groups in total. The van der Waals surface area contributed by atoms with E-state index in [2.05, 4.69) is 47.5 Å². The van der Waals surface area contributed by atoms with Crippen molar-refractivity contribution in [2.75, 3.05) is 6.54 Å². The van der Waals surface area contributed by atoms with Gasteiger partial charge in [-0.25, -0.2) is 4.98 Å². The zero-order valence-corrected chi connectivity index (χ0v) is 13.5. The Morgan fingerprint density at radius 1 is 1.30 bits per heavy atom. The van der Waals surface area contributed by atoms with Gasteiger partial charge in [-0.05, 0) is 44.9 Å². The number of aryl methyl sites for hydroxylation is 3. The molecular weight excluding hydrogens is 266 g/mol. The van der Waals surface area contributed by atoms with Crippen LogP contribution >= 0.6 is 11.3 Å². The minimum Gasteiger partial charge on any atom is -0.308 e. The number of thiazole rings is 1. The molecule has 0 fully saturated rings. The second kappa shape index (κ2) is 6.95. The highest BCUT2D eigenvalue weighted by atomic mass is 32.1. The van der Waals surface area contributed by atoms with E-state index >= 15 is 0 Å². The number of aromatic nitrogens is 2. The smallest absolute Gasteiger partial charge is 0.0947 e. The van der Waals surface area contributed by atoms with E-state index in [-0.39, 0.29) is 6.04 Å². The third-order valence-corrected chi connectivity index (χ3v) is 4.26. The van der Waals surface area contributed by atoms with Crippen molar-refractivity contribution in [3.05, 3.63) is 45.2 Å². The average molecular weight is 289 g/mol. The normalized spacial score (nSPS) is 12.6. The van der Waals surface area contributed by atoms with Crippen LogP contribution in [0.4, 0.5) is 0 Å². The molecule has 0 bridgehead atoms. The molecule has 4 heteroatoms. The van der Waals surface area contributed by atoms with Gasteiger partial charge in [0.05, 0.1) is 16.7 Å². The highest BCUT2D eigenvalue weighted by Crippen LogP contribution is 2.22. The van der Waals surface area contributed by atoms with Crippen LogP contribution in [0.1, 0.15) is 46.9 Å². The minimum atomic E-state index is 0.251. The summed E-state index contributed by atoms with van der Waals surface area (Å²) >= 11 is 1.74. The lowest BCUT2D eigenvalue weighted by molar-refractivity contribution is 0.514. The van der Waals surface area contributed by atoms with Gasteiger partial charge >= 0.3 is 0 Å². The third kappa shape index (κ3) is 3.87. The van der Waals surface area contributed by atoms with E-state index in [1.54, 1.807) is 11.3 Å². The molecule has 0 aliphatic carbocycles. The van der Waals surface area contributed by atoms with Crippen molar-refractivity contribution in [2.24, 2.45) is 0 Å². The van der Waals surface area contributed by atoms with Gasteiger partial charge < -0.3 is 5.32 Å². The second-order valence-electron chi connectivity index (χ2n) is 5.31. The van der Waals surface area contributed by atoms with E-state index in [9.17, 15) is 0 Å². The Balaban J connectivity index is 2.22. The lowest BCUT2D eigenvalue weighted by atomic mass is 10.0. The van der Waals surface area contributed by atoms with Crippen molar-refractivity contribution in [1.82, 2.24) is 15.3 Å². The first-order valence-electron chi connectivity index (χ1n) is 7.17. The van der Waals surface area contributed by atoms with E-state index in [4.69, 9.17) is 0 Å². The summed E-state index contributed by atoms with van der Waals surface area (Å²) in [5.41, 5.74) is 4.72. The first kappa shape index (κ1) is 15.1. The second-order valence-corrected chi connectivity index (χ2v) is 6.25. The predicted octanol–water partition coefficient (Wildman–Crippen LogP) is 3.75. The van der Waals surface area contributed by atoms with Crippen LogP contribution in [0.5, 0.6) is 0 Å². The standard InChI is InChI=1S/C16H23N3S/c1-5-6-17-14(8-15-19-13(4)10-20-15)16-12(3)7-11(2)9-18-16/h7,9-10,14,17H,5-6,8H2,1-4H3.